The largest absolute Gasteiger partial charge is 0.0874 e. The average molecular weight is 186 g/mol. The second-order valence-corrected chi connectivity index (χ2v) is 4.42. The van der Waals surface area contributed by atoms with E-state index in [0.717, 1.165) is 0 Å². The van der Waals surface area contributed by atoms with E-state index in [1.54, 1.807) is 22.3 Å². The van der Waals surface area contributed by atoms with E-state index in [-0.39, 0.29) is 0 Å². The van der Waals surface area contributed by atoms with Gasteiger partial charge in [0.25, 0.3) is 0 Å². The molecule has 2 aliphatic carbocycles. The Bertz CT molecular complexity index is 398. The van der Waals surface area contributed by atoms with Crippen LogP contribution in [0.25, 0.3) is 0 Å². The maximum Gasteiger partial charge on any atom is -0.00577 e. The molecule has 0 nitrogen and oxygen atoms in total. The van der Waals surface area contributed by atoms with Crippen molar-refractivity contribution in [3.8, 4) is 0 Å². The van der Waals surface area contributed by atoms with Gasteiger partial charge < -0.3 is 0 Å². The predicted octanol–water partition coefficient (Wildman–Crippen LogP) is 4.32. The van der Waals surface area contributed by atoms with Gasteiger partial charge in [-0.2, -0.15) is 0 Å². The molecule has 74 valence electrons. The van der Waals surface area contributed by atoms with Gasteiger partial charge in [-0.05, 0) is 62.8 Å². The minimum absolute atomic E-state index is 1.17. The SMILES string of the molecule is C/C=C/C1=C2C(C)=C(C)CC2=C(C)C1. The Labute approximate surface area is 86.7 Å². The third-order valence-corrected chi connectivity index (χ3v) is 3.42. The van der Waals surface area contributed by atoms with E-state index < -0.39 is 0 Å². The lowest BCUT2D eigenvalue weighted by atomic mass is 10.0. The van der Waals surface area contributed by atoms with Gasteiger partial charge in [0.05, 0.1) is 0 Å². The highest BCUT2D eigenvalue weighted by molar-refractivity contribution is 5.65. The minimum atomic E-state index is 1.17. The molecule has 14 heavy (non-hydrogen) atoms. The number of allylic oxidation sites excluding steroid dienone is 8. The summed E-state index contributed by atoms with van der Waals surface area (Å²) in [6, 6.07) is 0. The molecule has 0 aromatic rings. The molecular formula is C14H18. The molecule has 0 saturated heterocycles. The van der Waals surface area contributed by atoms with Crippen LogP contribution in [0.15, 0.2) is 45.6 Å². The Morgan fingerprint density at radius 3 is 2.36 bits per heavy atom. The first-order valence-electron chi connectivity index (χ1n) is 5.36. The molecule has 0 spiro atoms. The lowest BCUT2D eigenvalue weighted by Crippen LogP contribution is -1.82. The zero-order valence-corrected chi connectivity index (χ0v) is 9.57. The molecule has 2 aliphatic rings. The zero-order chi connectivity index (χ0) is 10.3. The number of hydrogen-bond acceptors (Lipinski definition) is 0. The van der Waals surface area contributed by atoms with Crippen molar-refractivity contribution in [1.29, 1.82) is 0 Å². The quantitative estimate of drug-likeness (QED) is 0.572. The number of fused-ring (bicyclic) bond motifs is 1. The average Bonchev–Trinajstić information content (AvgIpc) is 2.57. The molecular weight excluding hydrogens is 168 g/mol. The Balaban J connectivity index is 2.53. The van der Waals surface area contributed by atoms with Crippen LogP contribution in [-0.2, 0) is 0 Å². The Hall–Kier alpha value is -1.04. The summed E-state index contributed by atoms with van der Waals surface area (Å²) in [6.45, 7) is 8.90. The fourth-order valence-electron chi connectivity index (χ4n) is 2.55. The van der Waals surface area contributed by atoms with Gasteiger partial charge in [-0.25, -0.2) is 0 Å². The van der Waals surface area contributed by atoms with E-state index in [4.69, 9.17) is 0 Å². The molecule has 2 rings (SSSR count). The summed E-state index contributed by atoms with van der Waals surface area (Å²) in [4.78, 5) is 0. The molecule has 0 unspecified atom stereocenters. The highest BCUT2D eigenvalue weighted by Crippen LogP contribution is 2.46. The van der Waals surface area contributed by atoms with Crippen molar-refractivity contribution in [2.75, 3.05) is 0 Å². The Morgan fingerprint density at radius 1 is 1.00 bits per heavy atom. The van der Waals surface area contributed by atoms with Gasteiger partial charge in [-0.3, -0.25) is 0 Å². The van der Waals surface area contributed by atoms with Crippen molar-refractivity contribution in [2.45, 2.75) is 40.5 Å². The summed E-state index contributed by atoms with van der Waals surface area (Å²) >= 11 is 0. The van der Waals surface area contributed by atoms with E-state index in [1.807, 2.05) is 0 Å². The molecule has 0 amide bonds. The highest BCUT2D eigenvalue weighted by Gasteiger charge is 2.27. The van der Waals surface area contributed by atoms with Crippen LogP contribution in [0.3, 0.4) is 0 Å². The first kappa shape index (κ1) is 9.51. The smallest absolute Gasteiger partial charge is 0.00577 e. The van der Waals surface area contributed by atoms with E-state index in [2.05, 4.69) is 39.8 Å². The second-order valence-electron chi connectivity index (χ2n) is 4.42. The first-order chi connectivity index (χ1) is 6.65. The Morgan fingerprint density at radius 2 is 1.71 bits per heavy atom. The van der Waals surface area contributed by atoms with E-state index in [1.165, 1.54) is 24.0 Å². The van der Waals surface area contributed by atoms with Crippen LogP contribution in [-0.4, -0.2) is 0 Å². The van der Waals surface area contributed by atoms with E-state index in [9.17, 15) is 0 Å². The second kappa shape index (κ2) is 3.27. The molecule has 0 radical (unpaired) electrons. The van der Waals surface area contributed by atoms with Gasteiger partial charge in [0, 0.05) is 0 Å². The Kier molecular flexibility index (Phi) is 2.22. The normalized spacial score (nSPS) is 22.0. The lowest BCUT2D eigenvalue weighted by Gasteiger charge is -2.01. The molecule has 0 saturated carbocycles. The summed E-state index contributed by atoms with van der Waals surface area (Å²) in [5.41, 5.74) is 9.32. The number of hydrogen-bond donors (Lipinski definition) is 0. The molecule has 0 atom stereocenters. The van der Waals surface area contributed by atoms with Crippen molar-refractivity contribution in [3.05, 3.63) is 45.6 Å². The molecule has 0 N–H and O–H groups in total. The topological polar surface area (TPSA) is 0 Å². The van der Waals surface area contributed by atoms with Crippen LogP contribution in [0, 0.1) is 0 Å². The predicted molar refractivity (Wildman–Crippen MR) is 62.1 cm³/mol. The fourth-order valence-corrected chi connectivity index (χ4v) is 2.55. The van der Waals surface area contributed by atoms with Gasteiger partial charge >= 0.3 is 0 Å². The van der Waals surface area contributed by atoms with Gasteiger partial charge in [0.2, 0.25) is 0 Å². The van der Waals surface area contributed by atoms with Crippen molar-refractivity contribution in [2.24, 2.45) is 0 Å². The van der Waals surface area contributed by atoms with Gasteiger partial charge in [-0.15, -0.1) is 0 Å². The van der Waals surface area contributed by atoms with Crippen LogP contribution < -0.4 is 0 Å². The van der Waals surface area contributed by atoms with Gasteiger partial charge in [-0.1, -0.05) is 23.3 Å². The summed E-state index contributed by atoms with van der Waals surface area (Å²) in [7, 11) is 0. The highest BCUT2D eigenvalue weighted by atomic mass is 14.3. The molecule has 0 heteroatoms. The molecule has 0 heterocycles. The van der Waals surface area contributed by atoms with Crippen LogP contribution in [0.4, 0.5) is 0 Å². The van der Waals surface area contributed by atoms with Crippen molar-refractivity contribution < 1.29 is 0 Å². The van der Waals surface area contributed by atoms with E-state index in [0.29, 0.717) is 0 Å². The lowest BCUT2D eigenvalue weighted by molar-refractivity contribution is 1.11. The minimum Gasteiger partial charge on any atom is -0.0874 e. The number of rotatable bonds is 1. The summed E-state index contributed by atoms with van der Waals surface area (Å²) < 4.78 is 0. The van der Waals surface area contributed by atoms with Crippen LogP contribution >= 0.6 is 0 Å². The third kappa shape index (κ3) is 1.21. The van der Waals surface area contributed by atoms with Crippen LogP contribution in [0.5, 0.6) is 0 Å². The van der Waals surface area contributed by atoms with Crippen molar-refractivity contribution in [3.63, 3.8) is 0 Å². The molecule has 0 bridgehead atoms. The van der Waals surface area contributed by atoms with Crippen molar-refractivity contribution >= 4 is 0 Å². The van der Waals surface area contributed by atoms with Crippen molar-refractivity contribution in [1.82, 2.24) is 0 Å². The summed E-state index contributed by atoms with van der Waals surface area (Å²) in [5.74, 6) is 0. The van der Waals surface area contributed by atoms with Gasteiger partial charge in [0.1, 0.15) is 0 Å². The van der Waals surface area contributed by atoms with Crippen LogP contribution in [0.2, 0.25) is 0 Å². The summed E-state index contributed by atoms with van der Waals surface area (Å²) in [6.07, 6.45) is 6.78. The maximum atomic E-state index is 2.28. The monoisotopic (exact) mass is 186 g/mol. The van der Waals surface area contributed by atoms with Crippen LogP contribution in [0.1, 0.15) is 40.5 Å². The maximum absolute atomic E-state index is 2.28. The third-order valence-electron chi connectivity index (χ3n) is 3.42. The standard InChI is InChI=1S/C14H18/c1-5-6-12-7-10(3)13-8-9(2)11(4)14(12)13/h5-6H,7-8H2,1-4H3/b6-5+. The molecule has 0 aromatic carbocycles. The first-order valence-corrected chi connectivity index (χ1v) is 5.36. The van der Waals surface area contributed by atoms with E-state index >= 15 is 0 Å². The molecule has 0 aliphatic heterocycles. The zero-order valence-electron chi connectivity index (χ0n) is 9.57. The van der Waals surface area contributed by atoms with Gasteiger partial charge in [0.15, 0.2) is 0 Å². The summed E-state index contributed by atoms with van der Waals surface area (Å²) in [5, 5.41) is 0. The fraction of sp³-hybridized carbons (Fsp3) is 0.429. The molecule has 0 fully saturated rings. The molecule has 0 aromatic heterocycles.